The average Bonchev–Trinajstić information content (AvgIpc) is 3.04. The molecule has 122 valence electrons. The minimum Gasteiger partial charge on any atom is -0.381 e. The monoisotopic (exact) mass is 317 g/mol. The first-order valence-electron chi connectivity index (χ1n) is 7.65. The average molecular weight is 317 g/mol. The van der Waals surface area contributed by atoms with Crippen LogP contribution in [0.3, 0.4) is 0 Å². The first-order valence-corrected chi connectivity index (χ1v) is 7.65. The van der Waals surface area contributed by atoms with Crippen molar-refractivity contribution in [3.63, 3.8) is 0 Å². The Bertz CT molecular complexity index is 675. The molecule has 1 aliphatic heterocycles. The second-order valence-corrected chi connectivity index (χ2v) is 5.95. The van der Waals surface area contributed by atoms with Crippen molar-refractivity contribution in [2.75, 3.05) is 19.8 Å². The summed E-state index contributed by atoms with van der Waals surface area (Å²) in [5.41, 5.74) is 7.91. The van der Waals surface area contributed by atoms with E-state index in [1.807, 2.05) is 0 Å². The summed E-state index contributed by atoms with van der Waals surface area (Å²) < 4.78 is 18.3. The van der Waals surface area contributed by atoms with Gasteiger partial charge < -0.3 is 20.8 Å². The SMILES string of the molecule is NC1(CNC(=O)c2c[nH]cc2-c2ccc(F)cc2)CCOCC1. The molecule has 5 nitrogen and oxygen atoms in total. The van der Waals surface area contributed by atoms with E-state index in [0.717, 1.165) is 24.0 Å². The minimum atomic E-state index is -0.416. The molecule has 3 rings (SSSR count). The van der Waals surface area contributed by atoms with Gasteiger partial charge in [0.2, 0.25) is 0 Å². The molecule has 2 aromatic rings. The molecule has 0 aliphatic carbocycles. The van der Waals surface area contributed by atoms with Gasteiger partial charge in [-0.2, -0.15) is 0 Å². The zero-order valence-electron chi connectivity index (χ0n) is 12.8. The number of ether oxygens (including phenoxy) is 1. The van der Waals surface area contributed by atoms with E-state index >= 15 is 0 Å². The zero-order valence-corrected chi connectivity index (χ0v) is 12.8. The largest absolute Gasteiger partial charge is 0.381 e. The van der Waals surface area contributed by atoms with Crippen molar-refractivity contribution >= 4 is 5.91 Å². The van der Waals surface area contributed by atoms with Gasteiger partial charge in [-0.05, 0) is 30.5 Å². The number of nitrogens with one attached hydrogen (secondary N) is 2. The molecular weight excluding hydrogens is 297 g/mol. The fraction of sp³-hybridized carbons (Fsp3) is 0.353. The molecule has 1 amide bonds. The quantitative estimate of drug-likeness (QED) is 0.807. The Morgan fingerprint density at radius 1 is 1.26 bits per heavy atom. The van der Waals surface area contributed by atoms with Gasteiger partial charge in [-0.1, -0.05) is 12.1 Å². The van der Waals surface area contributed by atoms with Crippen molar-refractivity contribution in [3.8, 4) is 11.1 Å². The summed E-state index contributed by atoms with van der Waals surface area (Å²) in [5, 5.41) is 2.90. The summed E-state index contributed by atoms with van der Waals surface area (Å²) in [6, 6.07) is 6.05. The predicted molar refractivity (Wildman–Crippen MR) is 85.5 cm³/mol. The predicted octanol–water partition coefficient (Wildman–Crippen LogP) is 2.06. The topological polar surface area (TPSA) is 80.1 Å². The number of rotatable bonds is 4. The highest BCUT2D eigenvalue weighted by Gasteiger charge is 2.28. The molecule has 1 aromatic heterocycles. The molecule has 0 saturated carbocycles. The van der Waals surface area contributed by atoms with E-state index in [9.17, 15) is 9.18 Å². The van der Waals surface area contributed by atoms with Crippen LogP contribution >= 0.6 is 0 Å². The van der Waals surface area contributed by atoms with Crippen LogP contribution in [0.2, 0.25) is 0 Å². The third kappa shape index (κ3) is 3.60. The number of hydrogen-bond donors (Lipinski definition) is 3. The van der Waals surface area contributed by atoms with Gasteiger partial charge in [-0.3, -0.25) is 4.79 Å². The summed E-state index contributed by atoms with van der Waals surface area (Å²) in [4.78, 5) is 15.4. The van der Waals surface area contributed by atoms with Crippen LogP contribution in [0.25, 0.3) is 11.1 Å². The molecule has 0 atom stereocenters. The Morgan fingerprint density at radius 2 is 1.96 bits per heavy atom. The lowest BCUT2D eigenvalue weighted by atomic mass is 9.91. The molecule has 1 saturated heterocycles. The molecule has 0 bridgehead atoms. The summed E-state index contributed by atoms with van der Waals surface area (Å²) in [7, 11) is 0. The van der Waals surface area contributed by atoms with Crippen molar-refractivity contribution in [1.29, 1.82) is 0 Å². The van der Waals surface area contributed by atoms with E-state index in [-0.39, 0.29) is 11.7 Å². The third-order valence-electron chi connectivity index (χ3n) is 4.23. The fourth-order valence-corrected chi connectivity index (χ4v) is 2.73. The van der Waals surface area contributed by atoms with Crippen LogP contribution in [-0.4, -0.2) is 36.2 Å². The number of halogens is 1. The second-order valence-electron chi connectivity index (χ2n) is 5.95. The number of carbonyl (C=O) groups is 1. The van der Waals surface area contributed by atoms with E-state index in [2.05, 4.69) is 10.3 Å². The number of H-pyrrole nitrogens is 1. The van der Waals surface area contributed by atoms with Gasteiger partial charge in [0.05, 0.1) is 5.56 Å². The molecule has 0 unspecified atom stereocenters. The molecule has 23 heavy (non-hydrogen) atoms. The number of hydrogen-bond acceptors (Lipinski definition) is 3. The number of benzene rings is 1. The Hall–Kier alpha value is -2.18. The summed E-state index contributed by atoms with van der Waals surface area (Å²) >= 11 is 0. The summed E-state index contributed by atoms with van der Waals surface area (Å²) in [6.07, 6.45) is 4.83. The van der Waals surface area contributed by atoms with Crippen molar-refractivity contribution < 1.29 is 13.9 Å². The van der Waals surface area contributed by atoms with Crippen LogP contribution in [0.4, 0.5) is 4.39 Å². The van der Waals surface area contributed by atoms with E-state index in [1.54, 1.807) is 24.5 Å². The number of nitrogens with two attached hydrogens (primary N) is 1. The Balaban J connectivity index is 1.71. The highest BCUT2D eigenvalue weighted by molar-refractivity contribution is 6.00. The van der Waals surface area contributed by atoms with Crippen molar-refractivity contribution in [2.24, 2.45) is 5.73 Å². The number of aromatic nitrogens is 1. The number of aromatic amines is 1. The van der Waals surface area contributed by atoms with Gasteiger partial charge in [0.25, 0.3) is 5.91 Å². The summed E-state index contributed by atoms with van der Waals surface area (Å²) in [6.45, 7) is 1.65. The normalized spacial score (nSPS) is 17.0. The van der Waals surface area contributed by atoms with Crippen molar-refractivity contribution in [3.05, 3.63) is 48.0 Å². The number of carbonyl (C=O) groups excluding carboxylic acids is 1. The highest BCUT2D eigenvalue weighted by Crippen LogP contribution is 2.24. The van der Waals surface area contributed by atoms with Gasteiger partial charge in [0.1, 0.15) is 5.82 Å². The summed E-state index contributed by atoms with van der Waals surface area (Å²) in [5.74, 6) is -0.498. The van der Waals surface area contributed by atoms with Crippen LogP contribution in [0.1, 0.15) is 23.2 Å². The molecule has 0 radical (unpaired) electrons. The Labute approximate surface area is 134 Å². The molecule has 0 spiro atoms. The maximum atomic E-state index is 13.0. The molecule has 2 heterocycles. The van der Waals surface area contributed by atoms with E-state index < -0.39 is 5.54 Å². The molecule has 1 aliphatic rings. The van der Waals surface area contributed by atoms with Crippen molar-refractivity contribution in [2.45, 2.75) is 18.4 Å². The smallest absolute Gasteiger partial charge is 0.253 e. The zero-order chi connectivity index (χ0) is 16.3. The Kier molecular flexibility index (Phi) is 4.45. The lowest BCUT2D eigenvalue weighted by Gasteiger charge is -2.33. The van der Waals surface area contributed by atoms with E-state index in [0.29, 0.717) is 25.3 Å². The minimum absolute atomic E-state index is 0.193. The van der Waals surface area contributed by atoms with Gasteiger partial charge in [-0.15, -0.1) is 0 Å². The van der Waals surface area contributed by atoms with Crippen LogP contribution < -0.4 is 11.1 Å². The third-order valence-corrected chi connectivity index (χ3v) is 4.23. The van der Waals surface area contributed by atoms with E-state index in [1.165, 1.54) is 12.1 Å². The standard InChI is InChI=1S/C17H20FN3O2/c18-13-3-1-12(2-4-13)14-9-20-10-15(14)16(22)21-11-17(19)5-7-23-8-6-17/h1-4,9-10,20H,5-8,11,19H2,(H,21,22). The molecule has 6 heteroatoms. The molecular formula is C17H20FN3O2. The van der Waals surface area contributed by atoms with Gasteiger partial charge >= 0.3 is 0 Å². The van der Waals surface area contributed by atoms with Gasteiger partial charge in [-0.25, -0.2) is 4.39 Å². The molecule has 1 fully saturated rings. The second kappa shape index (κ2) is 6.52. The van der Waals surface area contributed by atoms with Crippen LogP contribution in [0, 0.1) is 5.82 Å². The molecule has 1 aromatic carbocycles. The van der Waals surface area contributed by atoms with Gasteiger partial charge in [0.15, 0.2) is 0 Å². The van der Waals surface area contributed by atoms with Crippen LogP contribution in [-0.2, 0) is 4.74 Å². The number of amides is 1. The fourth-order valence-electron chi connectivity index (χ4n) is 2.73. The Morgan fingerprint density at radius 3 is 2.65 bits per heavy atom. The lowest BCUT2D eigenvalue weighted by molar-refractivity contribution is 0.0518. The van der Waals surface area contributed by atoms with Crippen LogP contribution in [0.5, 0.6) is 0 Å². The highest BCUT2D eigenvalue weighted by atomic mass is 19.1. The lowest BCUT2D eigenvalue weighted by Crippen LogP contribution is -2.53. The first-order chi connectivity index (χ1) is 11.1. The molecule has 4 N–H and O–H groups in total. The van der Waals surface area contributed by atoms with Gasteiger partial charge in [0, 0.05) is 43.3 Å². The van der Waals surface area contributed by atoms with Crippen LogP contribution in [0.15, 0.2) is 36.7 Å². The van der Waals surface area contributed by atoms with Crippen molar-refractivity contribution in [1.82, 2.24) is 10.3 Å². The first kappa shape index (κ1) is 15.7. The van der Waals surface area contributed by atoms with E-state index in [4.69, 9.17) is 10.5 Å². The maximum Gasteiger partial charge on any atom is 0.253 e. The maximum absolute atomic E-state index is 13.0.